The summed E-state index contributed by atoms with van der Waals surface area (Å²) >= 11 is 4.12. The third kappa shape index (κ3) is 8.83. The zero-order chi connectivity index (χ0) is 14.7. The number of Topliss-reactive ketones (excluding diaryl/α,β-unsaturated/α-hetero) is 1. The lowest BCUT2D eigenvalue weighted by Gasteiger charge is -2.20. The number of hydrogen-bond acceptors (Lipinski definition) is 5. The first-order valence-electron chi connectivity index (χ1n) is 6.71. The van der Waals surface area contributed by atoms with Crippen LogP contribution in [-0.2, 0) is 14.3 Å². The molecule has 0 heterocycles. The molecule has 0 aliphatic heterocycles. The average Bonchev–Trinajstić information content (AvgIpc) is 2.39. The van der Waals surface area contributed by atoms with Gasteiger partial charge in [0.25, 0.3) is 0 Å². The third-order valence-corrected chi connectivity index (χ3v) is 3.00. The molecule has 2 atom stereocenters. The highest BCUT2D eigenvalue weighted by molar-refractivity contribution is 7.80. The fourth-order valence-corrected chi connectivity index (χ4v) is 1.91. The average molecular weight is 287 g/mol. The first-order valence-corrected chi connectivity index (χ1v) is 7.34. The van der Waals surface area contributed by atoms with Crippen molar-refractivity contribution in [3.8, 4) is 0 Å². The molecule has 0 saturated heterocycles. The fraction of sp³-hybridized carbons (Fsp3) is 0.714. The molecule has 0 saturated carbocycles. The fourth-order valence-electron chi connectivity index (χ4n) is 1.66. The lowest BCUT2D eigenvalue weighted by molar-refractivity contribution is -0.144. The highest BCUT2D eigenvalue weighted by Gasteiger charge is 2.21. The molecule has 0 bridgehead atoms. The Hall–Kier alpha value is -0.810. The largest absolute Gasteiger partial charge is 0.460 e. The molecule has 0 aliphatic carbocycles. The summed E-state index contributed by atoms with van der Waals surface area (Å²) in [6.07, 6.45) is 4.49. The van der Waals surface area contributed by atoms with Crippen molar-refractivity contribution in [2.75, 3.05) is 12.4 Å². The minimum Gasteiger partial charge on any atom is -0.460 e. The monoisotopic (exact) mass is 287 g/mol. The molecule has 0 aromatic rings. The van der Waals surface area contributed by atoms with Gasteiger partial charge in [-0.15, -0.1) is 0 Å². The van der Waals surface area contributed by atoms with Crippen LogP contribution in [0.1, 0.15) is 39.5 Å². The second-order valence-corrected chi connectivity index (χ2v) is 4.93. The summed E-state index contributed by atoms with van der Waals surface area (Å²) in [5.41, 5.74) is 0. The molecule has 0 amide bonds. The van der Waals surface area contributed by atoms with Gasteiger partial charge in [-0.2, -0.15) is 12.6 Å². The van der Waals surface area contributed by atoms with Crippen molar-refractivity contribution in [2.45, 2.75) is 51.6 Å². The van der Waals surface area contributed by atoms with Gasteiger partial charge in [0, 0.05) is 24.6 Å². The summed E-state index contributed by atoms with van der Waals surface area (Å²) in [5.74, 6) is 0.200. The van der Waals surface area contributed by atoms with Crippen LogP contribution in [0.25, 0.3) is 0 Å². The Balaban J connectivity index is 4.11. The number of unbranched alkanes of at least 4 members (excludes halogenated alkanes) is 1. The molecule has 4 nitrogen and oxygen atoms in total. The molecule has 1 N–H and O–H groups in total. The summed E-state index contributed by atoms with van der Waals surface area (Å²) in [6, 6.07) is -0.546. The minimum absolute atomic E-state index is 0.0576. The second kappa shape index (κ2) is 11.1. The van der Waals surface area contributed by atoms with Crippen LogP contribution in [0, 0.1) is 0 Å². The van der Waals surface area contributed by atoms with E-state index >= 15 is 0 Å². The van der Waals surface area contributed by atoms with Crippen molar-refractivity contribution in [3.05, 3.63) is 12.7 Å². The van der Waals surface area contributed by atoms with Gasteiger partial charge in [-0.1, -0.05) is 26.0 Å². The summed E-state index contributed by atoms with van der Waals surface area (Å²) in [4.78, 5) is 23.3. The van der Waals surface area contributed by atoms with Gasteiger partial charge in [-0.25, -0.2) is 0 Å². The molecule has 0 aliphatic rings. The van der Waals surface area contributed by atoms with Crippen LogP contribution in [0.5, 0.6) is 0 Å². The molecular formula is C14H25NO3S. The van der Waals surface area contributed by atoms with Crippen LogP contribution in [0.2, 0.25) is 0 Å². The quantitative estimate of drug-likeness (QED) is 0.347. The van der Waals surface area contributed by atoms with Crippen LogP contribution in [0.3, 0.4) is 0 Å². The molecule has 0 spiro atoms. The predicted molar refractivity (Wildman–Crippen MR) is 80.5 cm³/mol. The number of carbonyl (C=O) groups is 2. The maximum atomic E-state index is 11.7. The van der Waals surface area contributed by atoms with E-state index in [1.165, 1.54) is 6.08 Å². The van der Waals surface area contributed by atoms with Gasteiger partial charge in [0.1, 0.15) is 18.4 Å². The van der Waals surface area contributed by atoms with Crippen molar-refractivity contribution < 1.29 is 14.3 Å². The summed E-state index contributed by atoms with van der Waals surface area (Å²) < 4.78 is 4.96. The zero-order valence-electron chi connectivity index (χ0n) is 11.9. The van der Waals surface area contributed by atoms with Crippen LogP contribution in [0.15, 0.2) is 12.7 Å². The van der Waals surface area contributed by atoms with Crippen molar-refractivity contribution in [1.29, 1.82) is 0 Å². The van der Waals surface area contributed by atoms with Crippen LogP contribution >= 0.6 is 12.6 Å². The Morgan fingerprint density at radius 3 is 2.68 bits per heavy atom. The lowest BCUT2D eigenvalue weighted by atomic mass is 10.1. The molecule has 0 aromatic heterocycles. The van der Waals surface area contributed by atoms with Crippen molar-refractivity contribution in [1.82, 2.24) is 5.32 Å². The number of ether oxygens (including phenoxy) is 1. The van der Waals surface area contributed by atoms with Crippen LogP contribution in [-0.4, -0.2) is 36.2 Å². The highest BCUT2D eigenvalue weighted by atomic mass is 32.1. The molecular weight excluding hydrogens is 262 g/mol. The molecule has 19 heavy (non-hydrogen) atoms. The van der Waals surface area contributed by atoms with Gasteiger partial charge in [0.15, 0.2) is 0 Å². The summed E-state index contributed by atoms with van der Waals surface area (Å²) in [6.45, 7) is 7.62. The molecule has 0 rings (SSSR count). The van der Waals surface area contributed by atoms with E-state index in [9.17, 15) is 9.59 Å². The van der Waals surface area contributed by atoms with E-state index in [1.807, 2.05) is 6.92 Å². The second-order valence-electron chi connectivity index (χ2n) is 4.57. The van der Waals surface area contributed by atoms with Crippen LogP contribution < -0.4 is 5.32 Å². The van der Waals surface area contributed by atoms with E-state index in [0.29, 0.717) is 18.6 Å². The van der Waals surface area contributed by atoms with E-state index in [4.69, 9.17) is 4.74 Å². The number of esters is 1. The molecule has 0 fully saturated rings. The smallest absolute Gasteiger partial charge is 0.324 e. The lowest BCUT2D eigenvalue weighted by Crippen LogP contribution is -2.45. The van der Waals surface area contributed by atoms with Crippen molar-refractivity contribution in [2.24, 2.45) is 0 Å². The van der Waals surface area contributed by atoms with Gasteiger partial charge in [0.05, 0.1) is 0 Å². The molecule has 0 radical (unpaired) electrons. The maximum Gasteiger partial charge on any atom is 0.324 e. The number of carbonyl (C=O) groups excluding carboxylic acids is 2. The zero-order valence-corrected chi connectivity index (χ0v) is 12.7. The summed E-state index contributed by atoms with van der Waals surface area (Å²) in [5, 5.41) is 3.08. The van der Waals surface area contributed by atoms with Crippen molar-refractivity contribution >= 4 is 24.4 Å². The first-order chi connectivity index (χ1) is 9.04. The van der Waals surface area contributed by atoms with Gasteiger partial charge in [-0.05, 0) is 13.3 Å². The SMILES string of the molecule is C=CCOC(=O)C(CS)NC(C)CC(=O)CCCC. The topological polar surface area (TPSA) is 55.4 Å². The van der Waals surface area contributed by atoms with E-state index in [1.54, 1.807) is 0 Å². The van der Waals surface area contributed by atoms with E-state index < -0.39 is 6.04 Å². The van der Waals surface area contributed by atoms with Gasteiger partial charge >= 0.3 is 5.97 Å². The van der Waals surface area contributed by atoms with E-state index in [-0.39, 0.29) is 24.4 Å². The Kier molecular flexibility index (Phi) is 10.6. The number of ketones is 1. The Bertz CT molecular complexity index is 294. The normalized spacial score (nSPS) is 13.6. The van der Waals surface area contributed by atoms with Gasteiger partial charge in [0.2, 0.25) is 0 Å². The van der Waals surface area contributed by atoms with E-state index in [0.717, 1.165) is 12.8 Å². The Labute approximate surface area is 121 Å². The first kappa shape index (κ1) is 18.2. The summed E-state index contributed by atoms with van der Waals surface area (Å²) in [7, 11) is 0. The minimum atomic E-state index is -0.489. The highest BCUT2D eigenvalue weighted by Crippen LogP contribution is 2.04. The third-order valence-electron chi connectivity index (χ3n) is 2.64. The molecule has 110 valence electrons. The van der Waals surface area contributed by atoms with Gasteiger partial charge < -0.3 is 10.1 Å². The number of hydrogen-bond donors (Lipinski definition) is 2. The molecule has 2 unspecified atom stereocenters. The standard InChI is InChI=1S/C14H25NO3S/c1-4-6-7-12(16)9-11(3)15-13(10-19)14(17)18-8-5-2/h5,11,13,15,19H,2,4,6-10H2,1,3H3. The number of rotatable bonds is 11. The molecule has 0 aromatic carbocycles. The Morgan fingerprint density at radius 2 is 2.16 bits per heavy atom. The Morgan fingerprint density at radius 1 is 1.47 bits per heavy atom. The predicted octanol–water partition coefficient (Wildman–Crippen LogP) is 2.14. The van der Waals surface area contributed by atoms with Crippen molar-refractivity contribution in [3.63, 3.8) is 0 Å². The van der Waals surface area contributed by atoms with Crippen LogP contribution in [0.4, 0.5) is 0 Å². The van der Waals surface area contributed by atoms with E-state index in [2.05, 4.69) is 31.4 Å². The molecule has 5 heteroatoms. The maximum absolute atomic E-state index is 11.7. The van der Waals surface area contributed by atoms with Gasteiger partial charge in [-0.3, -0.25) is 9.59 Å². The number of thiol groups is 1. The number of nitrogens with one attached hydrogen (secondary N) is 1.